The first-order chi connectivity index (χ1) is 8.62. The number of benzene rings is 1. The van der Waals surface area contributed by atoms with Crippen molar-refractivity contribution in [2.24, 2.45) is 5.11 Å². The van der Waals surface area contributed by atoms with Gasteiger partial charge in [0.1, 0.15) is 18.0 Å². The number of carbonyl (C=O) groups is 1. The molecule has 0 spiro atoms. The lowest BCUT2D eigenvalue weighted by Gasteiger charge is -2.12. The highest BCUT2D eigenvalue weighted by Gasteiger charge is 2.11. The van der Waals surface area contributed by atoms with Crippen LogP contribution in [0.25, 0.3) is 10.4 Å². The normalized spacial score (nSPS) is 9.28. The summed E-state index contributed by atoms with van der Waals surface area (Å²) in [6, 6.07) is 3.04. The van der Waals surface area contributed by atoms with Crippen LogP contribution in [-0.4, -0.2) is 26.7 Å². The predicted molar refractivity (Wildman–Crippen MR) is 67.2 cm³/mol. The smallest absolute Gasteiger partial charge is 0.230 e. The van der Waals surface area contributed by atoms with E-state index in [1.807, 2.05) is 0 Å². The first-order valence-corrected chi connectivity index (χ1v) is 5.22. The zero-order valence-corrected chi connectivity index (χ0v) is 10.6. The van der Waals surface area contributed by atoms with E-state index in [1.54, 1.807) is 6.07 Å². The van der Waals surface area contributed by atoms with Crippen molar-refractivity contribution in [1.29, 1.82) is 0 Å². The molecule has 1 N–H and O–H groups in total. The van der Waals surface area contributed by atoms with Crippen LogP contribution in [0.3, 0.4) is 0 Å². The predicted octanol–water partition coefficient (Wildman–Crippen LogP) is 2.61. The first-order valence-electron chi connectivity index (χ1n) is 4.84. The maximum atomic E-state index is 11.4. The summed E-state index contributed by atoms with van der Waals surface area (Å²) in [7, 11) is 2.92. The molecule has 0 aromatic heterocycles. The Bertz CT molecular complexity index is 500. The Kier molecular flexibility index (Phi) is 5.10. The standard InChI is InChI=1S/C10H11ClN4O3/c1-17-8-4-9(18-2)7(3-6(8)11)14-10(16)5-13-15-12/h3-4H,5H2,1-2H3,(H,14,16). The molecule has 0 aliphatic rings. The van der Waals surface area contributed by atoms with Crippen molar-refractivity contribution in [2.75, 3.05) is 26.1 Å². The summed E-state index contributed by atoms with van der Waals surface area (Å²) in [4.78, 5) is 13.9. The highest BCUT2D eigenvalue weighted by Crippen LogP contribution is 2.35. The number of hydrogen-bond acceptors (Lipinski definition) is 4. The van der Waals surface area contributed by atoms with Gasteiger partial charge in [-0.1, -0.05) is 16.7 Å². The molecule has 1 aromatic carbocycles. The van der Waals surface area contributed by atoms with Gasteiger partial charge in [0.15, 0.2) is 0 Å². The molecule has 0 saturated carbocycles. The second kappa shape index (κ2) is 6.58. The molecule has 0 aliphatic carbocycles. The van der Waals surface area contributed by atoms with E-state index in [-0.39, 0.29) is 6.54 Å². The van der Waals surface area contributed by atoms with Crippen molar-refractivity contribution in [1.82, 2.24) is 0 Å². The monoisotopic (exact) mass is 270 g/mol. The van der Waals surface area contributed by atoms with Crippen LogP contribution >= 0.6 is 11.6 Å². The SMILES string of the molecule is COc1cc(OC)c(NC(=O)CN=[N+]=[N-])cc1Cl. The highest BCUT2D eigenvalue weighted by atomic mass is 35.5. The zero-order chi connectivity index (χ0) is 13.5. The summed E-state index contributed by atoms with van der Waals surface area (Å²) in [5.74, 6) is 0.361. The van der Waals surface area contributed by atoms with Gasteiger partial charge in [0, 0.05) is 11.0 Å². The van der Waals surface area contributed by atoms with Gasteiger partial charge < -0.3 is 14.8 Å². The van der Waals surface area contributed by atoms with Gasteiger partial charge in [-0.25, -0.2) is 0 Å². The number of halogens is 1. The van der Waals surface area contributed by atoms with Gasteiger partial charge >= 0.3 is 0 Å². The van der Waals surface area contributed by atoms with E-state index in [2.05, 4.69) is 15.3 Å². The third kappa shape index (κ3) is 3.44. The number of methoxy groups -OCH3 is 2. The number of carbonyl (C=O) groups excluding carboxylic acids is 1. The molecule has 7 nitrogen and oxygen atoms in total. The summed E-state index contributed by atoms with van der Waals surface area (Å²) in [5.41, 5.74) is 8.49. The summed E-state index contributed by atoms with van der Waals surface area (Å²) < 4.78 is 10.1. The van der Waals surface area contributed by atoms with Gasteiger partial charge in [-0.05, 0) is 11.6 Å². The molecule has 8 heteroatoms. The number of rotatable bonds is 5. The molecule has 0 bridgehead atoms. The average Bonchev–Trinajstić information content (AvgIpc) is 2.36. The van der Waals surface area contributed by atoms with E-state index in [9.17, 15) is 4.79 Å². The Balaban J connectivity index is 2.97. The molecule has 0 unspecified atom stereocenters. The van der Waals surface area contributed by atoms with Crippen LogP contribution < -0.4 is 14.8 Å². The van der Waals surface area contributed by atoms with Crippen molar-refractivity contribution >= 4 is 23.2 Å². The molecular weight excluding hydrogens is 260 g/mol. The molecule has 1 aromatic rings. The summed E-state index contributed by atoms with van der Waals surface area (Å²) in [6.07, 6.45) is 0. The topological polar surface area (TPSA) is 96.3 Å². The fraction of sp³-hybridized carbons (Fsp3) is 0.300. The number of hydrogen-bond donors (Lipinski definition) is 1. The minimum Gasteiger partial charge on any atom is -0.495 e. The largest absolute Gasteiger partial charge is 0.495 e. The average molecular weight is 271 g/mol. The molecule has 96 valence electrons. The summed E-state index contributed by atoms with van der Waals surface area (Å²) in [6.45, 7) is -0.302. The fourth-order valence-corrected chi connectivity index (χ4v) is 1.48. The van der Waals surface area contributed by atoms with Gasteiger partial charge in [0.2, 0.25) is 5.91 Å². The Hall–Kier alpha value is -2.11. The molecule has 0 fully saturated rings. The lowest BCUT2D eigenvalue weighted by molar-refractivity contribution is -0.114. The van der Waals surface area contributed by atoms with Crippen molar-refractivity contribution in [2.45, 2.75) is 0 Å². The molecule has 18 heavy (non-hydrogen) atoms. The van der Waals surface area contributed by atoms with E-state index in [0.29, 0.717) is 22.2 Å². The lowest BCUT2D eigenvalue weighted by Crippen LogP contribution is -2.15. The van der Waals surface area contributed by atoms with E-state index < -0.39 is 5.91 Å². The quantitative estimate of drug-likeness (QED) is 0.506. The van der Waals surface area contributed by atoms with Gasteiger partial charge in [0.25, 0.3) is 0 Å². The van der Waals surface area contributed by atoms with Gasteiger partial charge in [-0.3, -0.25) is 4.79 Å². The highest BCUT2D eigenvalue weighted by molar-refractivity contribution is 6.32. The summed E-state index contributed by atoms with van der Waals surface area (Å²) in [5, 5.41) is 6.00. The van der Waals surface area contributed by atoms with Crippen LogP contribution in [0.4, 0.5) is 5.69 Å². The van der Waals surface area contributed by atoms with Crippen LogP contribution in [-0.2, 0) is 4.79 Å². The van der Waals surface area contributed by atoms with E-state index in [4.69, 9.17) is 26.6 Å². The Morgan fingerprint density at radius 1 is 1.44 bits per heavy atom. The number of anilines is 1. The first kappa shape index (κ1) is 14.0. The fourth-order valence-electron chi connectivity index (χ4n) is 1.24. The minimum atomic E-state index is -0.465. The van der Waals surface area contributed by atoms with Crippen LogP contribution in [0.1, 0.15) is 0 Å². The summed E-state index contributed by atoms with van der Waals surface area (Å²) >= 11 is 5.93. The molecule has 1 rings (SSSR count). The third-order valence-electron chi connectivity index (χ3n) is 2.03. The number of amides is 1. The third-order valence-corrected chi connectivity index (χ3v) is 2.32. The van der Waals surface area contributed by atoms with Crippen LogP contribution in [0.15, 0.2) is 17.2 Å². The maximum Gasteiger partial charge on any atom is 0.230 e. The maximum absolute atomic E-state index is 11.4. The molecule has 0 saturated heterocycles. The second-order valence-corrected chi connectivity index (χ2v) is 3.53. The van der Waals surface area contributed by atoms with E-state index in [1.165, 1.54) is 20.3 Å². The molecule has 1 amide bonds. The van der Waals surface area contributed by atoms with Gasteiger partial charge in [0.05, 0.1) is 24.9 Å². The van der Waals surface area contributed by atoms with Crippen LogP contribution in [0.2, 0.25) is 5.02 Å². The molecular formula is C10H11ClN4O3. The van der Waals surface area contributed by atoms with Crippen molar-refractivity contribution in [3.8, 4) is 11.5 Å². The van der Waals surface area contributed by atoms with Crippen molar-refractivity contribution in [3.63, 3.8) is 0 Å². The Morgan fingerprint density at radius 2 is 2.11 bits per heavy atom. The molecule has 0 radical (unpaired) electrons. The number of ether oxygens (including phenoxy) is 2. The van der Waals surface area contributed by atoms with E-state index >= 15 is 0 Å². The number of nitrogens with zero attached hydrogens (tertiary/aromatic N) is 3. The Morgan fingerprint density at radius 3 is 2.67 bits per heavy atom. The minimum absolute atomic E-state index is 0.302. The van der Waals surface area contributed by atoms with Crippen molar-refractivity contribution in [3.05, 3.63) is 27.6 Å². The Labute approximate surface area is 108 Å². The van der Waals surface area contributed by atoms with E-state index in [0.717, 1.165) is 0 Å². The molecule has 0 heterocycles. The number of nitrogens with one attached hydrogen (secondary N) is 1. The lowest BCUT2D eigenvalue weighted by atomic mass is 10.2. The molecule has 0 aliphatic heterocycles. The van der Waals surface area contributed by atoms with Crippen LogP contribution in [0, 0.1) is 0 Å². The van der Waals surface area contributed by atoms with Gasteiger partial charge in [-0.15, -0.1) is 0 Å². The van der Waals surface area contributed by atoms with Crippen molar-refractivity contribution < 1.29 is 14.3 Å². The van der Waals surface area contributed by atoms with Gasteiger partial charge in [-0.2, -0.15) is 0 Å². The zero-order valence-electron chi connectivity index (χ0n) is 9.81. The number of azide groups is 1. The second-order valence-electron chi connectivity index (χ2n) is 3.12. The van der Waals surface area contributed by atoms with Crippen LogP contribution in [0.5, 0.6) is 11.5 Å². The molecule has 0 atom stereocenters.